The van der Waals surface area contributed by atoms with Crippen LogP contribution in [0.2, 0.25) is 5.02 Å². The molecule has 0 bridgehead atoms. The van der Waals surface area contributed by atoms with Crippen LogP contribution in [0.3, 0.4) is 0 Å². The summed E-state index contributed by atoms with van der Waals surface area (Å²) in [6, 6.07) is 10.0. The molecule has 34 heavy (non-hydrogen) atoms. The molecule has 2 aromatic rings. The van der Waals surface area contributed by atoms with Gasteiger partial charge in [0.15, 0.2) is 24.5 Å². The smallest absolute Gasteiger partial charge is 0.226 e. The van der Waals surface area contributed by atoms with Crippen molar-refractivity contribution in [1.29, 1.82) is 0 Å². The number of nitrogens with zero attached hydrogens (tertiary/aromatic N) is 5. The molecule has 0 amide bonds. The molecular weight excluding hydrogens is 474 g/mol. The number of hydrazone groups is 1. The van der Waals surface area contributed by atoms with Crippen LogP contribution in [0, 0.1) is 18.7 Å². The minimum Gasteiger partial charge on any atom is -0.372 e. The lowest BCUT2D eigenvalue weighted by Crippen LogP contribution is -2.34. The van der Waals surface area contributed by atoms with Gasteiger partial charge >= 0.3 is 0 Å². The first-order chi connectivity index (χ1) is 16.4. The van der Waals surface area contributed by atoms with E-state index in [1.165, 1.54) is 23.2 Å². The van der Waals surface area contributed by atoms with E-state index in [2.05, 4.69) is 50.4 Å². The zero-order chi connectivity index (χ0) is 23.8. The summed E-state index contributed by atoms with van der Waals surface area (Å²) >= 11 is 12.4. The highest BCUT2D eigenvalue weighted by atomic mass is 35.5. The van der Waals surface area contributed by atoms with Gasteiger partial charge in [-0.1, -0.05) is 29.8 Å². The van der Waals surface area contributed by atoms with Crippen molar-refractivity contribution >= 4 is 52.1 Å². The third-order valence-corrected chi connectivity index (χ3v) is 6.98. The van der Waals surface area contributed by atoms with Gasteiger partial charge in [0.1, 0.15) is 11.7 Å². The van der Waals surface area contributed by atoms with Crippen LogP contribution in [0.25, 0.3) is 0 Å². The maximum absolute atomic E-state index is 14.6. The molecule has 1 atom stereocenters. The normalized spacial score (nSPS) is 20.4. The second kappa shape index (κ2) is 9.47. The van der Waals surface area contributed by atoms with Gasteiger partial charge in [-0.05, 0) is 61.5 Å². The summed E-state index contributed by atoms with van der Waals surface area (Å²) in [5.74, 6) is 0.506. The monoisotopic (exact) mass is 499 g/mol. The van der Waals surface area contributed by atoms with Crippen molar-refractivity contribution in [3.8, 4) is 0 Å². The lowest BCUT2D eigenvalue weighted by atomic mass is 9.99. The predicted octanol–water partition coefficient (Wildman–Crippen LogP) is 4.88. The van der Waals surface area contributed by atoms with Crippen molar-refractivity contribution < 1.29 is 9.07 Å². The number of anilines is 1. The molecule has 6 nitrogen and oxygen atoms in total. The maximum Gasteiger partial charge on any atom is 0.226 e. The summed E-state index contributed by atoms with van der Waals surface area (Å²) in [7, 11) is 0. The molecular formula is C25H26Cl2FN6+. The number of nitrogens with one attached hydrogen (secondary N) is 1. The fraction of sp³-hybridized carbons (Fsp3) is 0.360. The highest BCUT2D eigenvalue weighted by Crippen LogP contribution is 2.29. The highest BCUT2D eigenvalue weighted by molar-refractivity contribution is 6.67. The number of aryl methyl sites for hydroxylation is 2. The summed E-state index contributed by atoms with van der Waals surface area (Å²) in [5.41, 5.74) is 8.11. The maximum atomic E-state index is 14.6. The van der Waals surface area contributed by atoms with Crippen molar-refractivity contribution in [2.45, 2.75) is 39.8 Å². The van der Waals surface area contributed by atoms with Gasteiger partial charge < -0.3 is 4.90 Å². The molecule has 0 saturated carbocycles. The van der Waals surface area contributed by atoms with Crippen molar-refractivity contribution in [1.82, 2.24) is 5.43 Å². The summed E-state index contributed by atoms with van der Waals surface area (Å²) in [6.45, 7) is 6.73. The SMILES string of the molecule is CCN1CCCc2ccc(C[N+]3=CC4C(=NCc5c(Cl)ccc(C)c5F)N=C(Cl)N=C4N3)cc21. The average Bonchev–Trinajstić information content (AvgIpc) is 3.23. The van der Waals surface area contributed by atoms with Gasteiger partial charge in [-0.25, -0.2) is 9.38 Å². The molecule has 0 fully saturated rings. The van der Waals surface area contributed by atoms with E-state index in [4.69, 9.17) is 23.2 Å². The van der Waals surface area contributed by atoms with E-state index in [1.54, 1.807) is 19.1 Å². The van der Waals surface area contributed by atoms with Crippen LogP contribution < -0.4 is 10.3 Å². The van der Waals surface area contributed by atoms with Crippen LogP contribution in [0.1, 0.15) is 35.6 Å². The van der Waals surface area contributed by atoms with Crippen LogP contribution >= 0.6 is 23.2 Å². The topological polar surface area (TPSA) is 55.4 Å². The summed E-state index contributed by atoms with van der Waals surface area (Å²) in [6.07, 6.45) is 4.32. The molecule has 9 heteroatoms. The Kier molecular flexibility index (Phi) is 6.40. The summed E-state index contributed by atoms with van der Waals surface area (Å²) in [4.78, 5) is 15.7. The number of fused-ring (bicyclic) bond motifs is 2. The van der Waals surface area contributed by atoms with E-state index >= 15 is 0 Å². The van der Waals surface area contributed by atoms with E-state index in [0.29, 0.717) is 34.4 Å². The zero-order valence-electron chi connectivity index (χ0n) is 19.2. The number of hydrazine groups is 1. The molecule has 5 rings (SSSR count). The lowest BCUT2D eigenvalue weighted by molar-refractivity contribution is -0.577. The Morgan fingerprint density at radius 2 is 2.09 bits per heavy atom. The third kappa shape index (κ3) is 4.46. The summed E-state index contributed by atoms with van der Waals surface area (Å²) in [5, 5.41) is 0.437. The minimum atomic E-state index is -0.347. The molecule has 1 unspecified atom stereocenters. The molecule has 3 aliphatic heterocycles. The van der Waals surface area contributed by atoms with Crippen LogP contribution in [0.15, 0.2) is 45.3 Å². The Balaban J connectivity index is 1.38. The van der Waals surface area contributed by atoms with Gasteiger partial charge in [0.05, 0.1) is 6.54 Å². The molecule has 1 N–H and O–H groups in total. The Morgan fingerprint density at radius 1 is 1.24 bits per heavy atom. The summed E-state index contributed by atoms with van der Waals surface area (Å²) < 4.78 is 16.5. The molecule has 176 valence electrons. The molecule has 3 heterocycles. The Labute approximate surface area is 208 Å². The second-order valence-corrected chi connectivity index (χ2v) is 9.47. The van der Waals surface area contributed by atoms with E-state index in [9.17, 15) is 4.39 Å². The quantitative estimate of drug-likeness (QED) is 0.470. The number of halogens is 3. The molecule has 0 aromatic heterocycles. The minimum absolute atomic E-state index is 0.0741. The van der Waals surface area contributed by atoms with Crippen LogP contribution in [-0.2, 0) is 19.5 Å². The van der Waals surface area contributed by atoms with Crippen molar-refractivity contribution in [3.05, 3.63) is 63.4 Å². The van der Waals surface area contributed by atoms with Gasteiger partial charge in [-0.15, -0.1) is 4.68 Å². The van der Waals surface area contributed by atoms with Gasteiger partial charge in [0.2, 0.25) is 5.29 Å². The molecule has 2 aromatic carbocycles. The van der Waals surface area contributed by atoms with E-state index < -0.39 is 0 Å². The van der Waals surface area contributed by atoms with Crippen molar-refractivity contribution in [2.24, 2.45) is 20.9 Å². The zero-order valence-corrected chi connectivity index (χ0v) is 20.7. The fourth-order valence-electron chi connectivity index (χ4n) is 4.64. The van der Waals surface area contributed by atoms with Crippen molar-refractivity contribution in [3.63, 3.8) is 0 Å². The van der Waals surface area contributed by atoms with Gasteiger partial charge in [-0.2, -0.15) is 10.4 Å². The Hall–Kier alpha value is -2.77. The van der Waals surface area contributed by atoms with Gasteiger partial charge in [-0.3, -0.25) is 4.99 Å². The van der Waals surface area contributed by atoms with Crippen LogP contribution in [0.5, 0.6) is 0 Å². The van der Waals surface area contributed by atoms with E-state index in [0.717, 1.165) is 19.5 Å². The number of amidine groups is 3. The standard InChI is InChI=1S/C25H26Cl2FN6/c1-3-33-10-4-5-17-8-7-16(11-21(17)33)13-34-14-19-23(30-25(27)31-24(19)32-34)29-12-18-20(26)9-6-15(2)22(18)28/h6-9,11,14,19H,3-5,10,12-13H2,1-2H3,(H,29,30,31,32)/q+1. The molecule has 0 saturated heterocycles. The van der Waals surface area contributed by atoms with E-state index in [-0.39, 0.29) is 23.6 Å². The third-order valence-electron chi connectivity index (χ3n) is 6.46. The Bertz CT molecular complexity index is 1270. The number of benzene rings is 2. The molecule has 0 aliphatic carbocycles. The van der Waals surface area contributed by atoms with Crippen molar-refractivity contribution in [2.75, 3.05) is 18.0 Å². The predicted molar refractivity (Wildman–Crippen MR) is 137 cm³/mol. The first-order valence-corrected chi connectivity index (χ1v) is 12.2. The van der Waals surface area contributed by atoms with Crippen LogP contribution in [-0.4, -0.2) is 41.0 Å². The molecule has 0 spiro atoms. The van der Waals surface area contributed by atoms with Crippen LogP contribution in [0.4, 0.5) is 10.1 Å². The second-order valence-electron chi connectivity index (χ2n) is 8.72. The first-order valence-electron chi connectivity index (χ1n) is 11.5. The number of rotatable bonds is 5. The average molecular weight is 500 g/mol. The number of hydrogen-bond acceptors (Lipinski definition) is 4. The number of hydrogen-bond donors (Lipinski definition) is 1. The Morgan fingerprint density at radius 3 is 2.91 bits per heavy atom. The largest absolute Gasteiger partial charge is 0.372 e. The first kappa shape index (κ1) is 23.0. The van der Waals surface area contributed by atoms with E-state index in [1.807, 2.05) is 10.9 Å². The molecule has 3 aliphatic rings. The van der Waals surface area contributed by atoms with Gasteiger partial charge in [0.25, 0.3) is 0 Å². The molecule has 0 radical (unpaired) electrons. The lowest BCUT2D eigenvalue weighted by Gasteiger charge is -2.30. The highest BCUT2D eigenvalue weighted by Gasteiger charge is 2.37. The van der Waals surface area contributed by atoms with Gasteiger partial charge in [0, 0.05) is 34.9 Å². The number of aliphatic imine (C=N–C) groups is 3. The fourth-order valence-corrected chi connectivity index (χ4v) is 5.03.